The summed E-state index contributed by atoms with van der Waals surface area (Å²) >= 11 is 1.42. The average Bonchev–Trinajstić information content (AvgIpc) is 2.72. The molecular formula is C9H10N4OS. The molecule has 15 heavy (non-hydrogen) atoms. The number of aliphatic imine (C=N–C) groups is 1. The van der Waals surface area contributed by atoms with Gasteiger partial charge in [0, 0.05) is 4.88 Å². The van der Waals surface area contributed by atoms with E-state index in [1.807, 2.05) is 19.1 Å². The molecule has 2 heterocycles. The molecule has 0 spiro atoms. The highest BCUT2D eigenvalue weighted by atomic mass is 32.1. The van der Waals surface area contributed by atoms with Crippen LogP contribution in [0.2, 0.25) is 0 Å². The van der Waals surface area contributed by atoms with Gasteiger partial charge in [-0.2, -0.15) is 4.99 Å². The Bertz CT molecular complexity index is 482. The van der Waals surface area contributed by atoms with E-state index >= 15 is 0 Å². The van der Waals surface area contributed by atoms with Gasteiger partial charge in [-0.15, -0.1) is 0 Å². The van der Waals surface area contributed by atoms with Crippen LogP contribution in [0.5, 0.6) is 0 Å². The minimum atomic E-state index is 0.00902. The van der Waals surface area contributed by atoms with Crippen molar-refractivity contribution < 1.29 is 4.42 Å². The van der Waals surface area contributed by atoms with Crippen LogP contribution in [0.3, 0.4) is 0 Å². The minimum Gasteiger partial charge on any atom is -0.463 e. The van der Waals surface area contributed by atoms with Gasteiger partial charge in [0.1, 0.15) is 5.69 Å². The molecule has 0 unspecified atom stereocenters. The van der Waals surface area contributed by atoms with E-state index < -0.39 is 0 Å². The van der Waals surface area contributed by atoms with Crippen LogP contribution in [0.15, 0.2) is 27.8 Å². The molecule has 0 aromatic carbocycles. The van der Waals surface area contributed by atoms with E-state index in [1.54, 1.807) is 6.26 Å². The second kappa shape index (κ2) is 3.74. The summed E-state index contributed by atoms with van der Waals surface area (Å²) in [5, 5.41) is 0.541. The molecule has 0 radical (unpaired) electrons. The Morgan fingerprint density at radius 3 is 2.93 bits per heavy atom. The molecule has 5 nitrogen and oxygen atoms in total. The monoisotopic (exact) mass is 222 g/mol. The standard InChI is InChI=1S/C9H10N4OS/c1-5-7(6-3-2-4-14-6)12-9(15-5)13-8(10)11/h2-4H,1H3,(H4,10,11,12,13). The third-order valence-electron chi connectivity index (χ3n) is 1.76. The average molecular weight is 222 g/mol. The number of rotatable bonds is 2. The smallest absolute Gasteiger partial charge is 0.213 e. The summed E-state index contributed by atoms with van der Waals surface area (Å²) in [6.45, 7) is 1.95. The predicted molar refractivity (Wildman–Crippen MR) is 60.0 cm³/mol. The number of hydrogen-bond donors (Lipinski definition) is 2. The number of nitrogens with zero attached hydrogens (tertiary/aromatic N) is 2. The lowest BCUT2D eigenvalue weighted by Gasteiger charge is -1.89. The van der Waals surface area contributed by atoms with E-state index in [-0.39, 0.29) is 5.96 Å². The van der Waals surface area contributed by atoms with E-state index in [0.29, 0.717) is 5.13 Å². The third-order valence-corrected chi connectivity index (χ3v) is 2.63. The summed E-state index contributed by atoms with van der Waals surface area (Å²) in [7, 11) is 0. The highest BCUT2D eigenvalue weighted by Gasteiger charge is 2.11. The molecule has 0 saturated carbocycles. The quantitative estimate of drug-likeness (QED) is 0.596. The van der Waals surface area contributed by atoms with Gasteiger partial charge in [-0.25, -0.2) is 4.98 Å². The number of furan rings is 1. The van der Waals surface area contributed by atoms with Crippen molar-refractivity contribution in [3.8, 4) is 11.5 Å². The largest absolute Gasteiger partial charge is 0.463 e. The van der Waals surface area contributed by atoms with Gasteiger partial charge in [0.2, 0.25) is 5.13 Å². The molecule has 0 aliphatic carbocycles. The van der Waals surface area contributed by atoms with Gasteiger partial charge in [-0.3, -0.25) is 0 Å². The van der Waals surface area contributed by atoms with Crippen LogP contribution in [0.25, 0.3) is 11.5 Å². The van der Waals surface area contributed by atoms with Gasteiger partial charge in [0.25, 0.3) is 0 Å². The fourth-order valence-corrected chi connectivity index (χ4v) is 1.99. The van der Waals surface area contributed by atoms with E-state index in [9.17, 15) is 0 Å². The zero-order chi connectivity index (χ0) is 10.8. The Labute approximate surface area is 90.4 Å². The Hall–Kier alpha value is -1.82. The molecule has 0 aliphatic heterocycles. The van der Waals surface area contributed by atoms with Gasteiger partial charge >= 0.3 is 0 Å². The zero-order valence-corrected chi connectivity index (χ0v) is 8.91. The van der Waals surface area contributed by atoms with Crippen molar-refractivity contribution in [3.63, 3.8) is 0 Å². The molecule has 0 atom stereocenters. The number of nitrogens with two attached hydrogens (primary N) is 2. The molecule has 0 fully saturated rings. The van der Waals surface area contributed by atoms with Crippen molar-refractivity contribution in [3.05, 3.63) is 23.3 Å². The summed E-state index contributed by atoms with van der Waals surface area (Å²) in [5.74, 6) is 0.732. The van der Waals surface area contributed by atoms with E-state index in [1.165, 1.54) is 11.3 Å². The van der Waals surface area contributed by atoms with Gasteiger partial charge in [-0.1, -0.05) is 11.3 Å². The molecule has 2 aromatic rings. The number of aryl methyl sites for hydroxylation is 1. The highest BCUT2D eigenvalue weighted by molar-refractivity contribution is 7.15. The normalized spacial score (nSPS) is 10.2. The lowest BCUT2D eigenvalue weighted by Crippen LogP contribution is -2.21. The van der Waals surface area contributed by atoms with Crippen LogP contribution >= 0.6 is 11.3 Å². The van der Waals surface area contributed by atoms with E-state index in [0.717, 1.165) is 16.3 Å². The van der Waals surface area contributed by atoms with Crippen LogP contribution < -0.4 is 11.5 Å². The maximum absolute atomic E-state index is 5.27. The molecule has 4 N–H and O–H groups in total. The molecule has 0 saturated heterocycles. The molecule has 0 bridgehead atoms. The molecular weight excluding hydrogens is 212 g/mol. The van der Waals surface area contributed by atoms with Crippen molar-refractivity contribution in [2.45, 2.75) is 6.92 Å². The molecule has 6 heteroatoms. The van der Waals surface area contributed by atoms with Crippen molar-refractivity contribution in [1.82, 2.24) is 4.98 Å². The summed E-state index contributed by atoms with van der Waals surface area (Å²) in [6.07, 6.45) is 1.61. The second-order valence-electron chi connectivity index (χ2n) is 2.92. The minimum absolute atomic E-state index is 0.00902. The highest BCUT2D eigenvalue weighted by Crippen LogP contribution is 2.31. The number of hydrogen-bond acceptors (Lipinski definition) is 4. The van der Waals surface area contributed by atoms with Crippen LogP contribution in [0.4, 0.5) is 5.13 Å². The maximum atomic E-state index is 5.27. The lowest BCUT2D eigenvalue weighted by molar-refractivity contribution is 0.580. The van der Waals surface area contributed by atoms with Gasteiger partial charge in [0.05, 0.1) is 6.26 Å². The molecule has 2 aromatic heterocycles. The van der Waals surface area contributed by atoms with Crippen LogP contribution in [-0.4, -0.2) is 10.9 Å². The van der Waals surface area contributed by atoms with E-state index in [4.69, 9.17) is 15.9 Å². The van der Waals surface area contributed by atoms with Gasteiger partial charge in [0.15, 0.2) is 11.7 Å². The Morgan fingerprint density at radius 2 is 2.33 bits per heavy atom. The summed E-state index contributed by atoms with van der Waals surface area (Å²) < 4.78 is 5.25. The van der Waals surface area contributed by atoms with Crippen molar-refractivity contribution in [1.29, 1.82) is 0 Å². The Morgan fingerprint density at radius 1 is 1.53 bits per heavy atom. The van der Waals surface area contributed by atoms with Crippen molar-refractivity contribution >= 4 is 22.4 Å². The molecule has 78 valence electrons. The van der Waals surface area contributed by atoms with Crippen LogP contribution in [0.1, 0.15) is 4.88 Å². The first kappa shape index (κ1) is 9.72. The molecule has 0 aliphatic rings. The van der Waals surface area contributed by atoms with E-state index in [2.05, 4.69) is 9.98 Å². The van der Waals surface area contributed by atoms with Gasteiger partial charge < -0.3 is 15.9 Å². The van der Waals surface area contributed by atoms with Crippen LogP contribution in [-0.2, 0) is 0 Å². The predicted octanol–water partition coefficient (Wildman–Crippen LogP) is 1.62. The van der Waals surface area contributed by atoms with Crippen molar-refractivity contribution in [2.75, 3.05) is 0 Å². The summed E-state index contributed by atoms with van der Waals surface area (Å²) in [6, 6.07) is 3.66. The van der Waals surface area contributed by atoms with Gasteiger partial charge in [-0.05, 0) is 19.1 Å². The maximum Gasteiger partial charge on any atom is 0.213 e. The summed E-state index contributed by atoms with van der Waals surface area (Å²) in [5.41, 5.74) is 11.3. The Balaban J connectivity index is 2.43. The van der Waals surface area contributed by atoms with Crippen molar-refractivity contribution in [2.24, 2.45) is 16.5 Å². The first-order valence-electron chi connectivity index (χ1n) is 4.28. The number of aromatic nitrogens is 1. The third kappa shape index (κ3) is 1.99. The SMILES string of the molecule is Cc1sc(N=C(N)N)nc1-c1ccco1. The lowest BCUT2D eigenvalue weighted by atomic mass is 10.3. The fraction of sp³-hybridized carbons (Fsp3) is 0.111. The fourth-order valence-electron chi connectivity index (χ4n) is 1.18. The second-order valence-corrected chi connectivity index (χ2v) is 4.10. The summed E-state index contributed by atoms with van der Waals surface area (Å²) in [4.78, 5) is 9.18. The first-order chi connectivity index (χ1) is 7.16. The molecule has 2 rings (SSSR count). The Kier molecular flexibility index (Phi) is 2.42. The molecule has 0 amide bonds. The first-order valence-corrected chi connectivity index (χ1v) is 5.09. The number of guanidine groups is 1. The van der Waals surface area contributed by atoms with Crippen LogP contribution in [0, 0.1) is 6.92 Å². The topological polar surface area (TPSA) is 90.4 Å². The number of thiazole rings is 1. The zero-order valence-electron chi connectivity index (χ0n) is 8.10.